The zero-order valence-corrected chi connectivity index (χ0v) is 19.9. The number of hydrogen-bond donors (Lipinski definition) is 1. The third-order valence-corrected chi connectivity index (χ3v) is 10.6. The zero-order chi connectivity index (χ0) is 22.6. The van der Waals surface area contributed by atoms with E-state index in [1.54, 1.807) is 0 Å². The summed E-state index contributed by atoms with van der Waals surface area (Å²) in [5.74, 6) is 1.86. The maximum Gasteiger partial charge on any atom is 0.163 e. The number of piperidine rings is 1. The lowest BCUT2D eigenvalue weighted by molar-refractivity contribution is -0.178. The Morgan fingerprint density at radius 3 is 2.72 bits per heavy atom. The predicted octanol–water partition coefficient (Wildman–Crippen LogP) is 4.49. The lowest BCUT2D eigenvalue weighted by atomic mass is 9.56. The van der Waals surface area contributed by atoms with Crippen LogP contribution in [0.25, 0.3) is 0 Å². The maximum atomic E-state index is 14.1. The van der Waals surface area contributed by atoms with Crippen LogP contribution in [-0.2, 0) is 14.3 Å². The molecule has 0 aromatic heterocycles. The van der Waals surface area contributed by atoms with Gasteiger partial charge in [0.1, 0.15) is 0 Å². The van der Waals surface area contributed by atoms with E-state index in [1.165, 1.54) is 10.6 Å². The number of fused-ring (bicyclic) bond motifs is 6. The van der Waals surface area contributed by atoms with Gasteiger partial charge in [-0.25, -0.2) is 0 Å². The Bertz CT molecular complexity index is 951. The fourth-order valence-electron chi connectivity index (χ4n) is 9.05. The third kappa shape index (κ3) is 2.56. The Hall–Kier alpha value is -1.30. The zero-order valence-electron chi connectivity index (χ0n) is 19.9. The minimum Gasteiger partial charge on any atom is -0.365 e. The summed E-state index contributed by atoms with van der Waals surface area (Å²) in [6.45, 7) is 9.48. The number of nitrogens with zero attached hydrogens (tertiary/aromatic N) is 1. The molecule has 1 N–H and O–H groups in total. The molecule has 0 unspecified atom stereocenters. The number of ketones is 2. The molecule has 0 aromatic rings. The molecule has 2 aliphatic heterocycles. The van der Waals surface area contributed by atoms with E-state index in [9.17, 15) is 14.8 Å². The van der Waals surface area contributed by atoms with Gasteiger partial charge in [-0.05, 0) is 80.3 Å². The third-order valence-electron chi connectivity index (χ3n) is 10.6. The lowest BCUT2D eigenvalue weighted by Crippen LogP contribution is -2.50. The molecule has 4 fully saturated rings. The van der Waals surface area contributed by atoms with E-state index in [2.05, 4.69) is 27.7 Å². The van der Waals surface area contributed by atoms with Crippen molar-refractivity contribution in [3.63, 3.8) is 0 Å². The summed E-state index contributed by atoms with van der Waals surface area (Å²) < 4.78 is 6.85. The molecule has 0 amide bonds. The first-order chi connectivity index (χ1) is 15.2. The van der Waals surface area contributed by atoms with Crippen LogP contribution in [0.1, 0.15) is 72.6 Å². The number of carbonyl (C=O) groups excluding carboxylic acids is 2. The highest BCUT2D eigenvalue weighted by atomic mass is 16.5. The van der Waals surface area contributed by atoms with Gasteiger partial charge in [0.2, 0.25) is 0 Å². The summed E-state index contributed by atoms with van der Waals surface area (Å²) in [5.41, 5.74) is 2.82. The van der Waals surface area contributed by atoms with Crippen molar-refractivity contribution in [2.75, 3.05) is 6.54 Å². The van der Waals surface area contributed by atoms with Crippen molar-refractivity contribution in [3.05, 3.63) is 22.8 Å². The molecular formula is C27H37NO4. The van der Waals surface area contributed by atoms with E-state index in [0.29, 0.717) is 36.5 Å². The van der Waals surface area contributed by atoms with Gasteiger partial charge in [0, 0.05) is 30.4 Å². The molecular weight excluding hydrogens is 402 g/mol. The molecule has 0 aromatic carbocycles. The second kappa shape index (κ2) is 6.86. The standard InChI is InChI=1S/C27H37NO4/c1-14-11-21-24(28(31)13-14)16(3)27(32-21)10-8-19-20-6-5-17-12-18(29)7-9-26(17,4)23(20)25(30)22(19)15(27)2/h12,14,16,19-21,23-24,31H,5-11,13H2,1-4H3/t14-,16+,19-,20-,21+,23+,24-,26-,27-/m0/s1. The first-order valence-electron chi connectivity index (χ1n) is 12.8. The normalized spacial score (nSPS) is 50.8. The second-order valence-electron chi connectivity index (χ2n) is 12.1. The van der Waals surface area contributed by atoms with Gasteiger partial charge in [-0.1, -0.05) is 26.3 Å². The molecule has 9 atom stereocenters. The molecule has 6 aliphatic rings. The monoisotopic (exact) mass is 439 g/mol. The van der Waals surface area contributed by atoms with Crippen LogP contribution in [-0.4, -0.2) is 46.1 Å². The van der Waals surface area contributed by atoms with Crippen LogP contribution >= 0.6 is 0 Å². The number of Topliss-reactive ketones (excluding diaryl/α,β-unsaturated/α-hetero) is 1. The topological polar surface area (TPSA) is 66.8 Å². The van der Waals surface area contributed by atoms with E-state index in [1.807, 2.05) is 6.08 Å². The Balaban J connectivity index is 1.41. The van der Waals surface area contributed by atoms with Crippen LogP contribution in [0.2, 0.25) is 0 Å². The highest BCUT2D eigenvalue weighted by Crippen LogP contribution is 2.64. The highest BCUT2D eigenvalue weighted by Gasteiger charge is 2.64. The number of hydrogen-bond acceptors (Lipinski definition) is 5. The van der Waals surface area contributed by atoms with Crippen molar-refractivity contribution in [1.82, 2.24) is 5.06 Å². The fraction of sp³-hybridized carbons (Fsp3) is 0.778. The minimum absolute atomic E-state index is 0.00786. The van der Waals surface area contributed by atoms with Crippen LogP contribution in [0.5, 0.6) is 0 Å². The molecule has 2 saturated carbocycles. The average Bonchev–Trinajstić information content (AvgIpc) is 3.18. The van der Waals surface area contributed by atoms with Gasteiger partial charge < -0.3 is 9.94 Å². The number of carbonyl (C=O) groups is 2. The number of rotatable bonds is 0. The summed E-state index contributed by atoms with van der Waals surface area (Å²) in [6.07, 6.45) is 8.15. The first kappa shape index (κ1) is 21.2. The Kier molecular flexibility index (Phi) is 4.56. The van der Waals surface area contributed by atoms with E-state index >= 15 is 0 Å². The van der Waals surface area contributed by atoms with Crippen molar-refractivity contribution >= 4 is 11.6 Å². The summed E-state index contributed by atoms with van der Waals surface area (Å²) in [5, 5.41) is 12.3. The summed E-state index contributed by atoms with van der Waals surface area (Å²) in [4.78, 5) is 26.2. The molecule has 2 saturated heterocycles. The largest absolute Gasteiger partial charge is 0.365 e. The lowest BCUT2D eigenvalue weighted by Gasteiger charge is -2.47. The molecule has 0 bridgehead atoms. The average molecular weight is 440 g/mol. The Labute approximate surface area is 191 Å². The molecule has 4 aliphatic carbocycles. The van der Waals surface area contributed by atoms with Gasteiger partial charge in [0.15, 0.2) is 11.6 Å². The van der Waals surface area contributed by atoms with Crippen LogP contribution in [0, 0.1) is 35.0 Å². The Morgan fingerprint density at radius 2 is 1.94 bits per heavy atom. The number of hydroxylamine groups is 2. The smallest absolute Gasteiger partial charge is 0.163 e. The Morgan fingerprint density at radius 1 is 1.16 bits per heavy atom. The van der Waals surface area contributed by atoms with E-state index in [-0.39, 0.29) is 35.2 Å². The van der Waals surface area contributed by atoms with Gasteiger partial charge >= 0.3 is 0 Å². The number of ether oxygens (including phenoxy) is 1. The van der Waals surface area contributed by atoms with Gasteiger partial charge in [-0.2, -0.15) is 5.06 Å². The molecule has 5 nitrogen and oxygen atoms in total. The minimum atomic E-state index is -0.433. The van der Waals surface area contributed by atoms with Crippen LogP contribution < -0.4 is 0 Å². The first-order valence-corrected chi connectivity index (χ1v) is 12.8. The molecule has 6 rings (SSSR count). The predicted molar refractivity (Wildman–Crippen MR) is 120 cm³/mol. The van der Waals surface area contributed by atoms with Crippen molar-refractivity contribution in [3.8, 4) is 0 Å². The van der Waals surface area contributed by atoms with Gasteiger partial charge in [-0.3, -0.25) is 9.59 Å². The van der Waals surface area contributed by atoms with Gasteiger partial charge in [0.25, 0.3) is 0 Å². The highest BCUT2D eigenvalue weighted by molar-refractivity contribution is 6.03. The van der Waals surface area contributed by atoms with Crippen molar-refractivity contribution in [2.45, 2.75) is 90.4 Å². The molecule has 32 heavy (non-hydrogen) atoms. The number of allylic oxidation sites excluding steroid dienone is 3. The van der Waals surface area contributed by atoms with Crippen LogP contribution in [0.4, 0.5) is 0 Å². The molecule has 5 heteroatoms. The van der Waals surface area contributed by atoms with Gasteiger partial charge in [0.05, 0.1) is 17.7 Å². The summed E-state index contributed by atoms with van der Waals surface area (Å²) in [6, 6.07) is 0.00786. The summed E-state index contributed by atoms with van der Waals surface area (Å²) in [7, 11) is 0. The van der Waals surface area contributed by atoms with Crippen molar-refractivity contribution in [2.24, 2.45) is 35.0 Å². The van der Waals surface area contributed by atoms with E-state index in [0.717, 1.165) is 49.7 Å². The van der Waals surface area contributed by atoms with E-state index in [4.69, 9.17) is 4.74 Å². The molecule has 1 spiro atoms. The van der Waals surface area contributed by atoms with Crippen molar-refractivity contribution in [1.29, 1.82) is 0 Å². The maximum absolute atomic E-state index is 14.1. The second-order valence-corrected chi connectivity index (χ2v) is 12.1. The molecule has 0 radical (unpaired) electrons. The van der Waals surface area contributed by atoms with Crippen LogP contribution in [0.3, 0.4) is 0 Å². The summed E-state index contributed by atoms with van der Waals surface area (Å²) >= 11 is 0. The fourth-order valence-corrected chi connectivity index (χ4v) is 9.05. The van der Waals surface area contributed by atoms with Gasteiger partial charge in [-0.15, -0.1) is 0 Å². The van der Waals surface area contributed by atoms with E-state index < -0.39 is 5.60 Å². The van der Waals surface area contributed by atoms with Crippen molar-refractivity contribution < 1.29 is 19.5 Å². The molecule has 174 valence electrons. The SMILES string of the molecule is CC1=C2C(=O)[C@H]3[C@@H](CCC4=CC(=O)CC[C@@]43C)[C@@H]2CC[C@]12O[C@@H]1C[C@H](C)CN(O)[C@H]1[C@H]2C. The molecule has 2 heterocycles. The quantitative estimate of drug-likeness (QED) is 0.602. The van der Waals surface area contributed by atoms with Crippen LogP contribution in [0.15, 0.2) is 22.8 Å².